The molecule has 1 heterocycles. The highest BCUT2D eigenvalue weighted by atomic mass is 32.1. The van der Waals surface area contributed by atoms with Gasteiger partial charge in [0.05, 0.1) is 0 Å². The highest BCUT2D eigenvalue weighted by molar-refractivity contribution is 7.15. The highest BCUT2D eigenvalue weighted by Crippen LogP contribution is 2.43. The molecule has 1 aromatic rings. The summed E-state index contributed by atoms with van der Waals surface area (Å²) >= 11 is 1.47. The van der Waals surface area contributed by atoms with E-state index < -0.39 is 0 Å². The minimum Gasteiger partial charge on any atom is -0.300 e. The van der Waals surface area contributed by atoms with E-state index in [1.54, 1.807) is 0 Å². The number of nitrogens with one attached hydrogen (secondary N) is 1. The fourth-order valence-electron chi connectivity index (χ4n) is 2.73. The largest absolute Gasteiger partial charge is 0.300 e. The van der Waals surface area contributed by atoms with Crippen molar-refractivity contribution in [3.05, 3.63) is 17.2 Å². The molecule has 0 aromatic carbocycles. The molecule has 1 aromatic heterocycles. The standard InChI is InChI=1S/C12H15N3OS/c1-2-10-14-15-12(17-10)13-11(16)9-6-7-3-4-8(9)5-7/h3-4,7-9H,2,5-6H2,1H3,(H,13,15,16)/t7-,8-,9-/m0/s1. The van der Waals surface area contributed by atoms with Crippen LogP contribution in [0, 0.1) is 17.8 Å². The number of amides is 1. The van der Waals surface area contributed by atoms with Crippen molar-refractivity contribution in [2.75, 3.05) is 5.32 Å². The van der Waals surface area contributed by atoms with Gasteiger partial charge in [-0.3, -0.25) is 4.79 Å². The van der Waals surface area contributed by atoms with E-state index in [0.717, 1.165) is 24.3 Å². The molecule has 0 radical (unpaired) electrons. The summed E-state index contributed by atoms with van der Waals surface area (Å²) in [6.07, 6.45) is 7.44. The lowest BCUT2D eigenvalue weighted by Gasteiger charge is -2.16. The summed E-state index contributed by atoms with van der Waals surface area (Å²) in [7, 11) is 0. The number of carbonyl (C=O) groups is 1. The second kappa shape index (κ2) is 4.22. The number of aryl methyl sites for hydroxylation is 1. The van der Waals surface area contributed by atoms with Crippen LogP contribution in [0.15, 0.2) is 12.2 Å². The second-order valence-electron chi connectivity index (χ2n) is 4.73. The molecule has 3 rings (SSSR count). The number of hydrogen-bond acceptors (Lipinski definition) is 4. The van der Waals surface area contributed by atoms with Crippen molar-refractivity contribution in [3.63, 3.8) is 0 Å². The monoisotopic (exact) mass is 249 g/mol. The van der Waals surface area contributed by atoms with Gasteiger partial charge in [0, 0.05) is 5.92 Å². The molecule has 0 unspecified atom stereocenters. The smallest absolute Gasteiger partial charge is 0.229 e. The predicted molar refractivity (Wildman–Crippen MR) is 66.8 cm³/mol. The first kappa shape index (κ1) is 10.9. The Kier molecular flexibility index (Phi) is 2.70. The molecular formula is C12H15N3OS. The number of aromatic nitrogens is 2. The Morgan fingerprint density at radius 1 is 1.47 bits per heavy atom. The van der Waals surface area contributed by atoms with Crippen LogP contribution in [0.5, 0.6) is 0 Å². The average molecular weight is 249 g/mol. The number of hydrogen-bond donors (Lipinski definition) is 1. The Morgan fingerprint density at radius 3 is 2.94 bits per heavy atom. The van der Waals surface area contributed by atoms with Gasteiger partial charge in [0.15, 0.2) is 0 Å². The predicted octanol–water partition coefficient (Wildman–Crippen LogP) is 2.25. The molecule has 1 amide bonds. The minimum absolute atomic E-state index is 0.112. The molecule has 90 valence electrons. The van der Waals surface area contributed by atoms with Crippen molar-refractivity contribution in [1.82, 2.24) is 10.2 Å². The zero-order chi connectivity index (χ0) is 11.8. The fraction of sp³-hybridized carbons (Fsp3) is 0.583. The van der Waals surface area contributed by atoms with Gasteiger partial charge in [-0.05, 0) is 31.1 Å². The highest BCUT2D eigenvalue weighted by Gasteiger charge is 2.39. The first-order valence-electron chi connectivity index (χ1n) is 6.08. The quantitative estimate of drug-likeness (QED) is 0.836. The molecule has 1 fully saturated rings. The summed E-state index contributed by atoms with van der Waals surface area (Å²) < 4.78 is 0. The van der Waals surface area contributed by atoms with Crippen LogP contribution in [0.2, 0.25) is 0 Å². The Bertz CT molecular complexity index is 468. The lowest BCUT2D eigenvalue weighted by atomic mass is 9.93. The van der Waals surface area contributed by atoms with Gasteiger partial charge in [0.25, 0.3) is 0 Å². The van der Waals surface area contributed by atoms with Gasteiger partial charge in [-0.25, -0.2) is 0 Å². The summed E-state index contributed by atoms with van der Waals surface area (Å²) in [4.78, 5) is 12.1. The number of carbonyl (C=O) groups excluding carboxylic acids is 1. The first-order chi connectivity index (χ1) is 8.26. The maximum atomic E-state index is 12.1. The van der Waals surface area contributed by atoms with Crippen molar-refractivity contribution >= 4 is 22.4 Å². The van der Waals surface area contributed by atoms with E-state index in [1.165, 1.54) is 11.3 Å². The van der Waals surface area contributed by atoms with Gasteiger partial charge < -0.3 is 5.32 Å². The van der Waals surface area contributed by atoms with Crippen molar-refractivity contribution in [1.29, 1.82) is 0 Å². The van der Waals surface area contributed by atoms with Crippen LogP contribution >= 0.6 is 11.3 Å². The van der Waals surface area contributed by atoms with Crippen LogP contribution in [0.4, 0.5) is 5.13 Å². The SMILES string of the molecule is CCc1nnc(NC(=O)[C@H]2C[C@H]3C=C[C@H]2C3)s1. The molecule has 1 saturated carbocycles. The molecular weight excluding hydrogens is 234 g/mol. The molecule has 0 aliphatic heterocycles. The van der Waals surface area contributed by atoms with Gasteiger partial charge in [0.1, 0.15) is 5.01 Å². The van der Waals surface area contributed by atoms with Crippen molar-refractivity contribution in [2.45, 2.75) is 26.2 Å². The zero-order valence-corrected chi connectivity index (χ0v) is 10.5. The maximum absolute atomic E-state index is 12.1. The van der Waals surface area contributed by atoms with Gasteiger partial charge in [-0.2, -0.15) is 0 Å². The topological polar surface area (TPSA) is 54.9 Å². The van der Waals surface area contributed by atoms with Crippen LogP contribution in [0.3, 0.4) is 0 Å². The molecule has 0 saturated heterocycles. The van der Waals surface area contributed by atoms with E-state index in [2.05, 4.69) is 27.7 Å². The lowest BCUT2D eigenvalue weighted by Crippen LogP contribution is -2.25. The third-order valence-electron chi connectivity index (χ3n) is 3.62. The van der Waals surface area contributed by atoms with Gasteiger partial charge >= 0.3 is 0 Å². The normalized spacial score (nSPS) is 29.8. The molecule has 5 heteroatoms. The van der Waals surface area contributed by atoms with Crippen LogP contribution in [0.1, 0.15) is 24.8 Å². The van der Waals surface area contributed by atoms with E-state index in [1.807, 2.05) is 6.92 Å². The van der Waals surface area contributed by atoms with Crippen LogP contribution in [-0.2, 0) is 11.2 Å². The molecule has 2 bridgehead atoms. The molecule has 17 heavy (non-hydrogen) atoms. The lowest BCUT2D eigenvalue weighted by molar-refractivity contribution is -0.120. The Morgan fingerprint density at radius 2 is 2.35 bits per heavy atom. The second-order valence-corrected chi connectivity index (χ2v) is 5.79. The van der Waals surface area contributed by atoms with E-state index in [-0.39, 0.29) is 11.8 Å². The maximum Gasteiger partial charge on any atom is 0.229 e. The summed E-state index contributed by atoms with van der Waals surface area (Å²) in [6, 6.07) is 0. The Labute approximate surface area is 104 Å². The number of anilines is 1. The van der Waals surface area contributed by atoms with E-state index in [0.29, 0.717) is 17.0 Å². The number of allylic oxidation sites excluding steroid dienone is 2. The fourth-order valence-corrected chi connectivity index (χ4v) is 3.41. The summed E-state index contributed by atoms with van der Waals surface area (Å²) in [6.45, 7) is 2.03. The van der Waals surface area contributed by atoms with Crippen LogP contribution < -0.4 is 5.32 Å². The number of fused-ring (bicyclic) bond motifs is 2. The number of nitrogens with zero attached hydrogens (tertiary/aromatic N) is 2. The van der Waals surface area contributed by atoms with Gasteiger partial charge in [0.2, 0.25) is 11.0 Å². The summed E-state index contributed by atoms with van der Waals surface area (Å²) in [5.74, 6) is 1.31. The molecule has 4 nitrogen and oxygen atoms in total. The average Bonchev–Trinajstić information content (AvgIpc) is 3.04. The van der Waals surface area contributed by atoms with Crippen LogP contribution in [-0.4, -0.2) is 16.1 Å². The molecule has 0 spiro atoms. The van der Waals surface area contributed by atoms with Crippen molar-refractivity contribution < 1.29 is 4.79 Å². The molecule has 1 N–H and O–H groups in total. The Hall–Kier alpha value is -1.23. The van der Waals surface area contributed by atoms with E-state index in [4.69, 9.17) is 0 Å². The van der Waals surface area contributed by atoms with Crippen LogP contribution in [0.25, 0.3) is 0 Å². The van der Waals surface area contributed by atoms with Crippen molar-refractivity contribution in [3.8, 4) is 0 Å². The molecule has 2 aliphatic rings. The number of rotatable bonds is 3. The molecule has 3 atom stereocenters. The summed E-state index contributed by atoms with van der Waals surface area (Å²) in [5, 5.41) is 12.5. The summed E-state index contributed by atoms with van der Waals surface area (Å²) in [5.41, 5.74) is 0. The minimum atomic E-state index is 0.112. The van der Waals surface area contributed by atoms with Gasteiger partial charge in [-0.1, -0.05) is 30.4 Å². The van der Waals surface area contributed by atoms with Crippen molar-refractivity contribution in [2.24, 2.45) is 17.8 Å². The van der Waals surface area contributed by atoms with E-state index in [9.17, 15) is 4.79 Å². The third-order valence-corrected chi connectivity index (χ3v) is 4.60. The molecule has 2 aliphatic carbocycles. The van der Waals surface area contributed by atoms with E-state index >= 15 is 0 Å². The third kappa shape index (κ3) is 1.99. The first-order valence-corrected chi connectivity index (χ1v) is 6.89. The Balaban J connectivity index is 1.65. The van der Waals surface area contributed by atoms with Gasteiger partial charge in [-0.15, -0.1) is 10.2 Å². The zero-order valence-electron chi connectivity index (χ0n) is 9.72.